The summed E-state index contributed by atoms with van der Waals surface area (Å²) in [5.41, 5.74) is 0.764. The number of aromatic nitrogens is 3. The monoisotopic (exact) mass is 424 g/mol. The number of carbonyl (C=O) groups excluding carboxylic acids is 2. The van der Waals surface area contributed by atoms with Crippen molar-refractivity contribution in [2.45, 2.75) is 32.7 Å². The summed E-state index contributed by atoms with van der Waals surface area (Å²) < 4.78 is 13.5. The van der Waals surface area contributed by atoms with Gasteiger partial charge < -0.3 is 14.0 Å². The van der Waals surface area contributed by atoms with Gasteiger partial charge in [-0.1, -0.05) is 6.07 Å². The molecule has 0 unspecified atom stereocenters. The zero-order valence-corrected chi connectivity index (χ0v) is 17.5. The second-order valence-electron chi connectivity index (χ2n) is 7.41. The Balaban J connectivity index is 2.08. The highest BCUT2D eigenvalue weighted by Crippen LogP contribution is 2.30. The molecule has 31 heavy (non-hydrogen) atoms. The molecule has 162 valence electrons. The van der Waals surface area contributed by atoms with Crippen molar-refractivity contribution < 1.29 is 19.1 Å². The summed E-state index contributed by atoms with van der Waals surface area (Å²) >= 11 is 0. The molecule has 9 heteroatoms. The van der Waals surface area contributed by atoms with Crippen molar-refractivity contribution in [1.29, 1.82) is 0 Å². The van der Waals surface area contributed by atoms with Crippen LogP contribution in [0.2, 0.25) is 0 Å². The van der Waals surface area contributed by atoms with Crippen molar-refractivity contribution in [3.8, 4) is 0 Å². The van der Waals surface area contributed by atoms with Gasteiger partial charge in [0.1, 0.15) is 16.9 Å². The lowest BCUT2D eigenvalue weighted by Gasteiger charge is -2.15. The number of rotatable bonds is 7. The summed E-state index contributed by atoms with van der Waals surface area (Å²) in [6.45, 7) is 2.68. The number of amides is 1. The zero-order valence-electron chi connectivity index (χ0n) is 17.5. The van der Waals surface area contributed by atoms with E-state index in [1.807, 2.05) is 0 Å². The van der Waals surface area contributed by atoms with E-state index in [1.165, 1.54) is 10.5 Å². The van der Waals surface area contributed by atoms with E-state index in [-0.39, 0.29) is 40.4 Å². The standard InChI is InChI=1S/C22H24N4O5/c1-3-31-22(29)16-13-15-18(23-17-7-4-5-10-25(17)21(15)28)26(11-6-12-30-2)19(16)24-20(27)14-8-9-14/h4-5,7,10,13-14H,3,6,8-9,11-12H2,1-2H3. The molecule has 1 aliphatic carbocycles. The molecule has 3 aromatic heterocycles. The van der Waals surface area contributed by atoms with E-state index in [4.69, 9.17) is 9.47 Å². The van der Waals surface area contributed by atoms with Gasteiger partial charge in [-0.3, -0.25) is 14.0 Å². The average Bonchev–Trinajstić information content (AvgIpc) is 3.61. The first-order valence-electron chi connectivity index (χ1n) is 10.3. The molecule has 0 atom stereocenters. The number of hydrogen-bond acceptors (Lipinski definition) is 6. The topological polar surface area (TPSA) is 104 Å². The van der Waals surface area contributed by atoms with Crippen molar-refractivity contribution in [3.05, 3.63) is 51.9 Å². The first-order valence-corrected chi connectivity index (χ1v) is 10.3. The quantitative estimate of drug-likeness (QED) is 0.325. The summed E-state index contributed by atoms with van der Waals surface area (Å²) in [7, 11) is 1.60. The Morgan fingerprint density at radius 1 is 1.29 bits per heavy atom. The average molecular weight is 424 g/mol. The van der Waals surface area contributed by atoms with Crippen molar-refractivity contribution in [1.82, 2.24) is 14.0 Å². The van der Waals surface area contributed by atoms with Gasteiger partial charge in [0.25, 0.3) is 11.5 Å². The first kappa shape index (κ1) is 20.9. The number of esters is 1. The molecule has 0 N–H and O–H groups in total. The second kappa shape index (κ2) is 8.81. The molecule has 0 saturated heterocycles. The molecule has 9 nitrogen and oxygen atoms in total. The predicted octanol–water partition coefficient (Wildman–Crippen LogP) is 1.70. The number of hydrogen-bond donors (Lipinski definition) is 0. The van der Waals surface area contributed by atoms with Crippen molar-refractivity contribution in [2.24, 2.45) is 10.9 Å². The van der Waals surface area contributed by atoms with Crippen LogP contribution < -0.4 is 11.0 Å². The molecular weight excluding hydrogens is 400 g/mol. The SMILES string of the molecule is CCOC(=O)c1cc2c(=O)n3ccccc3nc2n(CCCOC)c1=NC(=O)C1CC1. The van der Waals surface area contributed by atoms with E-state index in [9.17, 15) is 14.4 Å². The Hall–Kier alpha value is -3.33. The minimum absolute atomic E-state index is 0.0792. The fourth-order valence-corrected chi connectivity index (χ4v) is 3.46. The smallest absolute Gasteiger partial charge is 0.341 e. The third-order valence-corrected chi connectivity index (χ3v) is 5.16. The summed E-state index contributed by atoms with van der Waals surface area (Å²) in [6.07, 6.45) is 3.79. The van der Waals surface area contributed by atoms with Crippen LogP contribution >= 0.6 is 0 Å². The highest BCUT2D eigenvalue weighted by Gasteiger charge is 2.30. The van der Waals surface area contributed by atoms with Crippen molar-refractivity contribution >= 4 is 28.6 Å². The van der Waals surface area contributed by atoms with E-state index >= 15 is 0 Å². The highest BCUT2D eigenvalue weighted by molar-refractivity contribution is 5.94. The summed E-state index contributed by atoms with van der Waals surface area (Å²) in [5, 5.41) is 0.252. The van der Waals surface area contributed by atoms with Gasteiger partial charge in [-0.2, -0.15) is 4.99 Å². The molecule has 0 aliphatic heterocycles. The second-order valence-corrected chi connectivity index (χ2v) is 7.41. The van der Waals surface area contributed by atoms with E-state index in [2.05, 4.69) is 9.98 Å². The minimum Gasteiger partial charge on any atom is -0.462 e. The zero-order chi connectivity index (χ0) is 22.0. The number of aryl methyl sites for hydroxylation is 1. The van der Waals surface area contributed by atoms with Crippen LogP contribution in [0, 0.1) is 5.92 Å². The minimum atomic E-state index is -0.634. The van der Waals surface area contributed by atoms with Crippen molar-refractivity contribution in [3.63, 3.8) is 0 Å². The molecule has 3 aromatic rings. The van der Waals surface area contributed by atoms with Gasteiger partial charge >= 0.3 is 5.97 Å². The molecular formula is C22H24N4O5. The maximum absolute atomic E-state index is 13.2. The Bertz CT molecular complexity index is 1290. The number of nitrogens with zero attached hydrogens (tertiary/aromatic N) is 4. The highest BCUT2D eigenvalue weighted by atomic mass is 16.5. The molecule has 1 amide bonds. The van der Waals surface area contributed by atoms with Crippen LogP contribution in [0.25, 0.3) is 16.7 Å². The van der Waals surface area contributed by atoms with Crippen LogP contribution in [0.15, 0.2) is 40.2 Å². The molecule has 1 saturated carbocycles. The van der Waals surface area contributed by atoms with Gasteiger partial charge in [-0.15, -0.1) is 0 Å². The lowest BCUT2D eigenvalue weighted by atomic mass is 10.2. The number of carbonyl (C=O) groups is 2. The molecule has 0 aromatic carbocycles. The molecule has 4 rings (SSSR count). The van der Waals surface area contributed by atoms with E-state index in [0.717, 1.165) is 12.8 Å². The molecule has 0 bridgehead atoms. The van der Waals surface area contributed by atoms with Gasteiger partial charge in [-0.25, -0.2) is 9.78 Å². The Labute approximate surface area is 178 Å². The normalized spacial score (nSPS) is 14.3. The first-order chi connectivity index (χ1) is 15.0. The van der Waals surface area contributed by atoms with Crippen molar-refractivity contribution in [2.75, 3.05) is 20.3 Å². The molecule has 3 heterocycles. The van der Waals surface area contributed by atoms with Crippen LogP contribution in [0.5, 0.6) is 0 Å². The largest absolute Gasteiger partial charge is 0.462 e. The lowest BCUT2D eigenvalue weighted by Crippen LogP contribution is -2.33. The number of pyridine rings is 2. The molecule has 0 spiro atoms. The van der Waals surface area contributed by atoms with Crippen LogP contribution in [0.1, 0.15) is 36.5 Å². The van der Waals surface area contributed by atoms with Gasteiger partial charge in [0, 0.05) is 32.4 Å². The Morgan fingerprint density at radius 3 is 2.81 bits per heavy atom. The van der Waals surface area contributed by atoms with Gasteiger partial charge in [-0.05, 0) is 44.4 Å². The van der Waals surface area contributed by atoms with Crippen LogP contribution in [-0.2, 0) is 20.8 Å². The fraction of sp³-hybridized carbons (Fsp3) is 0.409. The van der Waals surface area contributed by atoms with Crippen LogP contribution in [0.4, 0.5) is 0 Å². The molecule has 1 fully saturated rings. The lowest BCUT2D eigenvalue weighted by molar-refractivity contribution is -0.119. The summed E-state index contributed by atoms with van der Waals surface area (Å²) in [4.78, 5) is 47.5. The Kier molecular flexibility index (Phi) is 5.94. The third kappa shape index (κ3) is 4.13. The number of ether oxygens (including phenoxy) is 2. The van der Waals surface area contributed by atoms with Gasteiger partial charge in [0.2, 0.25) is 0 Å². The van der Waals surface area contributed by atoms with Gasteiger partial charge in [0.15, 0.2) is 5.49 Å². The van der Waals surface area contributed by atoms with E-state index in [0.29, 0.717) is 30.9 Å². The van der Waals surface area contributed by atoms with Gasteiger partial charge in [0.05, 0.1) is 12.0 Å². The fourth-order valence-electron chi connectivity index (χ4n) is 3.46. The predicted molar refractivity (Wildman–Crippen MR) is 113 cm³/mol. The van der Waals surface area contributed by atoms with Crippen LogP contribution in [0.3, 0.4) is 0 Å². The van der Waals surface area contributed by atoms with E-state index < -0.39 is 5.97 Å². The summed E-state index contributed by atoms with van der Waals surface area (Å²) in [5.74, 6) is -1.03. The summed E-state index contributed by atoms with van der Waals surface area (Å²) in [6, 6.07) is 6.69. The molecule has 0 radical (unpaired) electrons. The third-order valence-electron chi connectivity index (χ3n) is 5.16. The maximum atomic E-state index is 13.2. The Morgan fingerprint density at radius 2 is 2.10 bits per heavy atom. The van der Waals surface area contributed by atoms with Crippen LogP contribution in [-0.4, -0.2) is 46.2 Å². The number of fused-ring (bicyclic) bond motifs is 2. The molecule has 1 aliphatic rings. The maximum Gasteiger partial charge on any atom is 0.341 e. The van der Waals surface area contributed by atoms with E-state index in [1.54, 1.807) is 43.0 Å². The number of methoxy groups -OCH3 is 1.